The summed E-state index contributed by atoms with van der Waals surface area (Å²) >= 11 is 0. The van der Waals surface area contributed by atoms with Gasteiger partial charge in [-0.05, 0) is 42.9 Å². The Balaban J connectivity index is 1.69. The van der Waals surface area contributed by atoms with Crippen LogP contribution < -0.4 is 0 Å². The van der Waals surface area contributed by atoms with E-state index in [0.29, 0.717) is 0 Å². The maximum Gasteiger partial charge on any atom is -0.0292 e. The average Bonchev–Trinajstić information content (AvgIpc) is 2.96. The fraction of sp³-hybridized carbons (Fsp3) is 1.00. The third-order valence-corrected chi connectivity index (χ3v) is 9.31. The number of hydrogen-bond donors (Lipinski definition) is 0. The lowest BCUT2D eigenvalue weighted by atomic mass is 9.64. The SMILES string of the molecule is C1CCCCC(CC2CCCCCCCC2)(CC2CCCCCCCC2)CCCC1. The first kappa shape index (κ1) is 24.6. The van der Waals surface area contributed by atoms with Crippen molar-refractivity contribution >= 4 is 0 Å². The zero-order chi connectivity index (χ0) is 20.7. The van der Waals surface area contributed by atoms with Crippen LogP contribution in [0.1, 0.15) is 173 Å². The second-order valence-electron chi connectivity index (χ2n) is 12.0. The van der Waals surface area contributed by atoms with Crippen LogP contribution in [0.2, 0.25) is 0 Å². The normalized spacial score (nSPS) is 27.6. The topological polar surface area (TPSA) is 0 Å². The molecule has 0 unspecified atom stereocenters. The van der Waals surface area contributed by atoms with E-state index in [2.05, 4.69) is 0 Å². The molecule has 0 heterocycles. The highest BCUT2D eigenvalue weighted by atomic mass is 14.4. The molecule has 3 aliphatic rings. The summed E-state index contributed by atoms with van der Waals surface area (Å²) in [4.78, 5) is 0. The van der Waals surface area contributed by atoms with Gasteiger partial charge in [0, 0.05) is 0 Å². The van der Waals surface area contributed by atoms with Gasteiger partial charge in [-0.1, -0.05) is 148 Å². The lowest BCUT2D eigenvalue weighted by Crippen LogP contribution is -2.28. The van der Waals surface area contributed by atoms with Crippen molar-refractivity contribution in [2.24, 2.45) is 17.3 Å². The maximum atomic E-state index is 1.61. The Labute approximate surface area is 190 Å². The summed E-state index contributed by atoms with van der Waals surface area (Å²) in [5.74, 6) is 2.12. The standard InChI is InChI=1S/C30H56/c1-6-12-18-24-30(25-19-13-7-1,26-28-20-14-8-2-3-9-15-21-28)27-29-22-16-10-4-5-11-17-23-29/h28-29H,1-27H2. The van der Waals surface area contributed by atoms with Crippen molar-refractivity contribution in [2.45, 2.75) is 173 Å². The van der Waals surface area contributed by atoms with Crippen molar-refractivity contribution in [2.75, 3.05) is 0 Å². The summed E-state index contributed by atoms with van der Waals surface area (Å²) in [6.45, 7) is 0. The largest absolute Gasteiger partial charge is 0.0533 e. The van der Waals surface area contributed by atoms with Crippen LogP contribution in [0.15, 0.2) is 0 Å². The first-order valence-corrected chi connectivity index (χ1v) is 14.9. The Morgan fingerprint density at radius 1 is 0.333 bits per heavy atom. The van der Waals surface area contributed by atoms with Gasteiger partial charge in [0.25, 0.3) is 0 Å². The van der Waals surface area contributed by atoms with Crippen molar-refractivity contribution in [3.05, 3.63) is 0 Å². The molecule has 0 aromatic heterocycles. The van der Waals surface area contributed by atoms with Gasteiger partial charge in [-0.15, -0.1) is 0 Å². The van der Waals surface area contributed by atoms with E-state index in [-0.39, 0.29) is 0 Å². The van der Waals surface area contributed by atoms with Crippen molar-refractivity contribution in [1.29, 1.82) is 0 Å². The van der Waals surface area contributed by atoms with Gasteiger partial charge in [0.15, 0.2) is 0 Å². The molecule has 0 spiro atoms. The Bertz CT molecular complexity index is 352. The van der Waals surface area contributed by atoms with Gasteiger partial charge in [-0.25, -0.2) is 0 Å². The third-order valence-electron chi connectivity index (χ3n) is 9.31. The van der Waals surface area contributed by atoms with Crippen LogP contribution in [0.25, 0.3) is 0 Å². The van der Waals surface area contributed by atoms with Gasteiger partial charge in [0.2, 0.25) is 0 Å². The molecule has 0 aromatic carbocycles. The first-order valence-electron chi connectivity index (χ1n) is 14.9. The molecule has 176 valence electrons. The van der Waals surface area contributed by atoms with Crippen molar-refractivity contribution < 1.29 is 0 Å². The predicted octanol–water partition coefficient (Wildman–Crippen LogP) is 10.8. The minimum absolute atomic E-state index is 0.717. The molecule has 0 heteroatoms. The Hall–Kier alpha value is 0. The van der Waals surface area contributed by atoms with Gasteiger partial charge in [-0.2, -0.15) is 0 Å². The summed E-state index contributed by atoms with van der Waals surface area (Å²) in [6, 6.07) is 0. The lowest BCUT2D eigenvalue weighted by molar-refractivity contribution is 0.107. The van der Waals surface area contributed by atoms with E-state index in [0.717, 1.165) is 17.3 Å². The molecule has 0 aliphatic heterocycles. The van der Waals surface area contributed by atoms with Crippen LogP contribution in [-0.2, 0) is 0 Å². The van der Waals surface area contributed by atoms with E-state index >= 15 is 0 Å². The molecule has 0 bridgehead atoms. The van der Waals surface area contributed by atoms with Crippen molar-refractivity contribution in [3.8, 4) is 0 Å². The third kappa shape index (κ3) is 9.65. The van der Waals surface area contributed by atoms with Gasteiger partial charge in [-0.3, -0.25) is 0 Å². The molecule has 0 nitrogen and oxygen atoms in total. The zero-order valence-electron chi connectivity index (χ0n) is 20.7. The van der Waals surface area contributed by atoms with Crippen LogP contribution in [0, 0.1) is 17.3 Å². The minimum Gasteiger partial charge on any atom is -0.0533 e. The second kappa shape index (κ2) is 14.9. The molecule has 3 saturated carbocycles. The average molecular weight is 417 g/mol. The number of rotatable bonds is 4. The molecule has 3 fully saturated rings. The molecule has 30 heavy (non-hydrogen) atoms. The van der Waals surface area contributed by atoms with Crippen molar-refractivity contribution in [3.63, 3.8) is 0 Å². The molecule has 0 radical (unpaired) electrons. The quantitative estimate of drug-likeness (QED) is 0.427. The predicted molar refractivity (Wildman–Crippen MR) is 134 cm³/mol. The maximum absolute atomic E-state index is 1.61. The van der Waals surface area contributed by atoms with E-state index in [1.54, 1.807) is 64.2 Å². The second-order valence-corrected chi connectivity index (χ2v) is 12.0. The van der Waals surface area contributed by atoms with Crippen LogP contribution >= 0.6 is 0 Å². The molecule has 0 saturated heterocycles. The summed E-state index contributed by atoms with van der Waals surface area (Å²) in [5.41, 5.74) is 0.717. The molecular weight excluding hydrogens is 360 g/mol. The molecule has 3 rings (SSSR count). The van der Waals surface area contributed by atoms with Crippen LogP contribution in [0.4, 0.5) is 0 Å². The van der Waals surface area contributed by atoms with E-state index in [9.17, 15) is 0 Å². The summed E-state index contributed by atoms with van der Waals surface area (Å²) < 4.78 is 0. The van der Waals surface area contributed by atoms with E-state index in [4.69, 9.17) is 0 Å². The fourth-order valence-electron chi connectivity index (χ4n) is 7.57. The molecule has 0 atom stereocenters. The minimum atomic E-state index is 0.717. The molecular formula is C30H56. The van der Waals surface area contributed by atoms with Gasteiger partial charge in [0.1, 0.15) is 0 Å². The highest BCUT2D eigenvalue weighted by Crippen LogP contribution is 2.47. The molecule has 0 amide bonds. The Kier molecular flexibility index (Phi) is 12.3. The summed E-state index contributed by atoms with van der Waals surface area (Å²) in [5, 5.41) is 0. The van der Waals surface area contributed by atoms with Gasteiger partial charge in [0.05, 0.1) is 0 Å². The fourth-order valence-corrected chi connectivity index (χ4v) is 7.57. The highest BCUT2D eigenvalue weighted by molar-refractivity contribution is 4.86. The van der Waals surface area contributed by atoms with Gasteiger partial charge < -0.3 is 0 Å². The Morgan fingerprint density at radius 3 is 0.933 bits per heavy atom. The Morgan fingerprint density at radius 2 is 0.600 bits per heavy atom. The van der Waals surface area contributed by atoms with Gasteiger partial charge >= 0.3 is 0 Å². The molecule has 0 N–H and O–H groups in total. The highest BCUT2D eigenvalue weighted by Gasteiger charge is 2.34. The molecule has 3 aliphatic carbocycles. The smallest absolute Gasteiger partial charge is 0.0292 e. The number of hydrogen-bond acceptors (Lipinski definition) is 0. The van der Waals surface area contributed by atoms with Crippen LogP contribution in [0.3, 0.4) is 0 Å². The first-order chi connectivity index (χ1) is 14.9. The van der Waals surface area contributed by atoms with Crippen LogP contribution in [0.5, 0.6) is 0 Å². The summed E-state index contributed by atoms with van der Waals surface area (Å²) in [7, 11) is 0. The van der Waals surface area contributed by atoms with Crippen molar-refractivity contribution in [1.82, 2.24) is 0 Å². The zero-order valence-corrected chi connectivity index (χ0v) is 20.7. The van der Waals surface area contributed by atoms with Crippen LogP contribution in [-0.4, -0.2) is 0 Å². The van der Waals surface area contributed by atoms with E-state index < -0.39 is 0 Å². The molecule has 0 aromatic rings. The lowest BCUT2D eigenvalue weighted by Gasteiger charge is -2.41. The van der Waals surface area contributed by atoms with E-state index in [1.807, 2.05) is 0 Å². The van der Waals surface area contributed by atoms with E-state index in [1.165, 1.54) is 109 Å². The monoisotopic (exact) mass is 416 g/mol. The summed E-state index contributed by atoms with van der Waals surface area (Å²) in [6.07, 6.45) is 41.6.